The van der Waals surface area contributed by atoms with Crippen molar-refractivity contribution in [2.24, 2.45) is 0 Å². The number of H-pyrrole nitrogens is 1. The van der Waals surface area contributed by atoms with Crippen LogP contribution in [0.3, 0.4) is 0 Å². The maximum absolute atomic E-state index is 15.4. The molecule has 2 aliphatic heterocycles. The molecule has 0 spiro atoms. The molecule has 11 nitrogen and oxygen atoms in total. The molecule has 5 aromatic rings. The third kappa shape index (κ3) is 7.70. The van der Waals surface area contributed by atoms with Crippen molar-refractivity contribution in [3.05, 3.63) is 118 Å². The van der Waals surface area contributed by atoms with Crippen molar-refractivity contribution < 1.29 is 41.1 Å². The maximum Gasteiger partial charge on any atom is 0.417 e. The molecule has 1 aromatic heterocycles. The normalized spacial score (nSPS) is 14.9. The van der Waals surface area contributed by atoms with Crippen LogP contribution >= 0.6 is 12.2 Å². The average molecular weight is 828 g/mol. The summed E-state index contributed by atoms with van der Waals surface area (Å²) < 4.78 is 70.7. The minimum Gasteiger partial charge on any atom is -0.354 e. The van der Waals surface area contributed by atoms with Gasteiger partial charge in [-0.25, -0.2) is 8.78 Å². The van der Waals surface area contributed by atoms with Gasteiger partial charge in [0, 0.05) is 48.3 Å². The van der Waals surface area contributed by atoms with Gasteiger partial charge in [-0.2, -0.15) is 18.4 Å². The molecule has 302 valence electrons. The summed E-state index contributed by atoms with van der Waals surface area (Å²) in [5.74, 6) is -3.50. The fourth-order valence-corrected chi connectivity index (χ4v) is 7.87. The zero-order valence-electron chi connectivity index (χ0n) is 31.4. The molecule has 1 fully saturated rings. The third-order valence-electron chi connectivity index (χ3n) is 10.3. The topological polar surface area (TPSA) is 150 Å². The van der Waals surface area contributed by atoms with E-state index in [1.165, 1.54) is 55.1 Å². The Kier molecular flexibility index (Phi) is 10.7. The molecular weight excluding hydrogens is 794 g/mol. The largest absolute Gasteiger partial charge is 0.417 e. The van der Waals surface area contributed by atoms with E-state index in [0.717, 1.165) is 39.4 Å². The number of thiocarbonyl (C=S) groups is 1. The average Bonchev–Trinajstić information content (AvgIpc) is 3.56. The number of hydrogen-bond acceptors (Lipinski definition) is 6. The molecule has 2 aliphatic rings. The first kappa shape index (κ1) is 40.5. The van der Waals surface area contributed by atoms with E-state index in [2.05, 4.69) is 20.9 Å². The molecule has 0 radical (unpaired) electrons. The van der Waals surface area contributed by atoms with Crippen molar-refractivity contribution >= 4 is 63.2 Å². The Balaban J connectivity index is 0.922. The molecule has 4 N–H and O–H groups in total. The predicted molar refractivity (Wildman–Crippen MR) is 212 cm³/mol. The van der Waals surface area contributed by atoms with Gasteiger partial charge in [0.15, 0.2) is 5.11 Å². The highest BCUT2D eigenvalue weighted by atomic mass is 32.1. The van der Waals surface area contributed by atoms with Crippen LogP contribution in [0, 0.1) is 23.0 Å². The smallest absolute Gasteiger partial charge is 0.354 e. The molecule has 0 atom stereocenters. The SMILES string of the molecule is CC1(C)C(=O)N(c2ccc(C#N)c(C(F)(F)F)c2)C(=S)N1c1ccc(C(=O)NCCCC(=O)NCc2ccc(-c3[nH]c4cc(F)cc5c4c3CCNC5=O)cc2)c(F)c1. The Morgan fingerprint density at radius 3 is 2.39 bits per heavy atom. The quantitative estimate of drug-likeness (QED) is 0.0671. The summed E-state index contributed by atoms with van der Waals surface area (Å²) in [7, 11) is 0. The fraction of sp³-hybridized carbons (Fsp3) is 0.238. The first-order valence-corrected chi connectivity index (χ1v) is 18.8. The minimum atomic E-state index is -4.88. The first-order valence-electron chi connectivity index (χ1n) is 18.4. The fourth-order valence-electron chi connectivity index (χ4n) is 7.35. The highest BCUT2D eigenvalue weighted by molar-refractivity contribution is 7.81. The Hall–Kier alpha value is -6.67. The third-order valence-corrected chi connectivity index (χ3v) is 10.6. The number of nitriles is 1. The monoisotopic (exact) mass is 827 g/mol. The lowest BCUT2D eigenvalue weighted by molar-refractivity contribution is -0.137. The highest BCUT2D eigenvalue weighted by Crippen LogP contribution is 2.40. The maximum atomic E-state index is 15.4. The Morgan fingerprint density at radius 2 is 1.69 bits per heavy atom. The van der Waals surface area contributed by atoms with E-state index in [9.17, 15) is 36.7 Å². The van der Waals surface area contributed by atoms with Gasteiger partial charge in [0.2, 0.25) is 5.91 Å². The summed E-state index contributed by atoms with van der Waals surface area (Å²) in [6, 6.07) is 17.9. The Labute approximate surface area is 339 Å². The number of nitrogens with zero attached hydrogens (tertiary/aromatic N) is 3. The molecule has 4 amide bonds. The van der Waals surface area contributed by atoms with Crippen LogP contribution in [0.1, 0.15) is 69.7 Å². The minimum absolute atomic E-state index is 0.0545. The summed E-state index contributed by atoms with van der Waals surface area (Å²) in [6.07, 6.45) is -3.99. The van der Waals surface area contributed by atoms with Crippen molar-refractivity contribution in [1.82, 2.24) is 20.9 Å². The van der Waals surface area contributed by atoms with Gasteiger partial charge >= 0.3 is 6.18 Å². The number of anilines is 2. The number of hydrogen-bond donors (Lipinski definition) is 4. The Bertz CT molecular complexity index is 2620. The van der Waals surface area contributed by atoms with Gasteiger partial charge in [-0.05, 0) is 104 Å². The lowest BCUT2D eigenvalue weighted by atomic mass is 9.99. The summed E-state index contributed by atoms with van der Waals surface area (Å²) in [5, 5.41) is 17.8. The van der Waals surface area contributed by atoms with Crippen LogP contribution < -0.4 is 25.8 Å². The van der Waals surface area contributed by atoms with Crippen LogP contribution in [0.4, 0.5) is 33.3 Å². The Morgan fingerprint density at radius 1 is 0.966 bits per heavy atom. The molecular formula is C42H34F5N7O4S. The predicted octanol–water partition coefficient (Wildman–Crippen LogP) is 7.03. The number of aromatic amines is 1. The number of alkyl halides is 3. The number of aromatic nitrogens is 1. The van der Waals surface area contributed by atoms with Crippen LogP contribution in [0.15, 0.2) is 72.8 Å². The number of amides is 4. The van der Waals surface area contributed by atoms with Gasteiger partial charge in [-0.3, -0.25) is 24.1 Å². The van der Waals surface area contributed by atoms with E-state index in [4.69, 9.17) is 17.5 Å². The summed E-state index contributed by atoms with van der Waals surface area (Å²) in [5.41, 5.74) is 0.380. The van der Waals surface area contributed by atoms with Crippen molar-refractivity contribution in [2.45, 2.75) is 51.4 Å². The summed E-state index contributed by atoms with van der Waals surface area (Å²) >= 11 is 5.50. The van der Waals surface area contributed by atoms with Gasteiger partial charge in [0.05, 0.1) is 34.0 Å². The standard InChI is InChI=1S/C42H34F5N7O4S/c1-41(2)39(58)53(26-10-9-24(20-48)31(18-26)42(45,46)47)40(59)54(41)27-11-12-28(32(44)19-27)37(56)49-14-3-4-34(55)51-21-22-5-7-23(8-6-22)36-29-13-15-50-38(57)30-16-25(43)17-33(52-36)35(29)30/h5-12,16-19,52H,3-4,13-15,21H2,1-2H3,(H,49,56)(H,50,57)(H,51,55). The van der Waals surface area contributed by atoms with E-state index < -0.39 is 46.3 Å². The molecule has 4 aromatic carbocycles. The molecule has 59 heavy (non-hydrogen) atoms. The van der Waals surface area contributed by atoms with Crippen LogP contribution in [-0.2, 0) is 28.7 Å². The van der Waals surface area contributed by atoms with Gasteiger partial charge < -0.3 is 25.8 Å². The van der Waals surface area contributed by atoms with E-state index >= 15 is 4.39 Å². The van der Waals surface area contributed by atoms with Gasteiger partial charge in [0.1, 0.15) is 17.2 Å². The lowest BCUT2D eigenvalue weighted by Gasteiger charge is -2.29. The van der Waals surface area contributed by atoms with Crippen molar-refractivity contribution in [2.75, 3.05) is 22.9 Å². The number of nitrogens with one attached hydrogen (secondary N) is 4. The molecule has 0 bridgehead atoms. The lowest BCUT2D eigenvalue weighted by Crippen LogP contribution is -2.44. The molecule has 1 saturated heterocycles. The van der Waals surface area contributed by atoms with Crippen LogP contribution in [-0.4, -0.2) is 52.4 Å². The molecule has 17 heteroatoms. The first-order chi connectivity index (χ1) is 28.0. The van der Waals surface area contributed by atoms with Gasteiger partial charge in [0.25, 0.3) is 17.7 Å². The van der Waals surface area contributed by atoms with Crippen LogP contribution in [0.2, 0.25) is 0 Å². The second-order valence-electron chi connectivity index (χ2n) is 14.5. The van der Waals surface area contributed by atoms with Crippen molar-refractivity contribution in [3.8, 4) is 17.3 Å². The number of halogens is 5. The number of rotatable bonds is 10. The van der Waals surface area contributed by atoms with Gasteiger partial charge in [-0.1, -0.05) is 24.3 Å². The van der Waals surface area contributed by atoms with E-state index in [1.807, 2.05) is 24.3 Å². The van der Waals surface area contributed by atoms with Crippen LogP contribution in [0.25, 0.3) is 22.2 Å². The van der Waals surface area contributed by atoms with Crippen LogP contribution in [0.5, 0.6) is 0 Å². The van der Waals surface area contributed by atoms with E-state index in [-0.39, 0.29) is 65.4 Å². The summed E-state index contributed by atoms with van der Waals surface area (Å²) in [4.78, 5) is 56.9. The number of carbonyl (C=O) groups excluding carboxylic acids is 4. The van der Waals surface area contributed by atoms with Gasteiger partial charge in [-0.15, -0.1) is 0 Å². The van der Waals surface area contributed by atoms with E-state index in [1.54, 1.807) is 0 Å². The molecule has 7 rings (SSSR count). The molecule has 0 unspecified atom stereocenters. The highest BCUT2D eigenvalue weighted by Gasteiger charge is 2.51. The zero-order valence-corrected chi connectivity index (χ0v) is 32.3. The summed E-state index contributed by atoms with van der Waals surface area (Å²) in [6.45, 7) is 3.63. The van der Waals surface area contributed by atoms with Crippen molar-refractivity contribution in [1.29, 1.82) is 5.26 Å². The number of carbonyl (C=O) groups is 4. The van der Waals surface area contributed by atoms with Crippen molar-refractivity contribution in [3.63, 3.8) is 0 Å². The zero-order chi connectivity index (χ0) is 42.4. The molecule has 3 heterocycles. The molecule has 0 aliphatic carbocycles. The molecule has 0 saturated carbocycles. The second kappa shape index (κ2) is 15.6. The second-order valence-corrected chi connectivity index (χ2v) is 14.9. The van der Waals surface area contributed by atoms with E-state index in [0.29, 0.717) is 29.9 Å². The number of benzene rings is 4.